The Morgan fingerprint density at radius 1 is 0.824 bits per heavy atom. The van der Waals surface area contributed by atoms with Gasteiger partial charge in [0.2, 0.25) is 5.71 Å². The molecule has 0 radical (unpaired) electrons. The van der Waals surface area contributed by atoms with Crippen molar-refractivity contribution < 1.29 is 22.8 Å². The van der Waals surface area contributed by atoms with Crippen molar-refractivity contribution >= 4 is 22.8 Å². The van der Waals surface area contributed by atoms with Gasteiger partial charge in [0.15, 0.2) is 23.2 Å². The van der Waals surface area contributed by atoms with E-state index < -0.39 is 29.1 Å². The van der Waals surface area contributed by atoms with Crippen molar-refractivity contribution in [1.82, 2.24) is 9.55 Å². The molecule has 2 aromatic heterocycles. The number of nitrogens with zero attached hydrogens (tertiary/aromatic N) is 2. The second-order valence-electron chi connectivity index (χ2n) is 8.16. The van der Waals surface area contributed by atoms with Crippen molar-refractivity contribution in [2.45, 2.75) is 6.42 Å². The number of para-hydroxylation sites is 1. The lowest BCUT2D eigenvalue weighted by Crippen LogP contribution is -2.20. The minimum absolute atomic E-state index is 0.0324. The molecule has 0 amide bonds. The van der Waals surface area contributed by atoms with Crippen molar-refractivity contribution in [3.63, 3.8) is 0 Å². The van der Waals surface area contributed by atoms with Gasteiger partial charge in [-0.3, -0.25) is 14.2 Å². The Bertz CT molecular complexity index is 1550. The van der Waals surface area contributed by atoms with E-state index in [9.17, 15) is 18.4 Å². The summed E-state index contributed by atoms with van der Waals surface area (Å²) in [5.41, 5.74) is 2.54. The summed E-state index contributed by atoms with van der Waals surface area (Å²) < 4.78 is 35.3. The van der Waals surface area contributed by atoms with Crippen LogP contribution in [0.4, 0.5) is 8.78 Å². The summed E-state index contributed by atoms with van der Waals surface area (Å²) in [5, 5.41) is 0. The fourth-order valence-corrected chi connectivity index (χ4v) is 4.48. The van der Waals surface area contributed by atoms with Crippen LogP contribution in [0.3, 0.4) is 0 Å². The molecule has 166 valence electrons. The SMILES string of the molecule is O=C1c2cc(F)c(F)cc2C(=O)C1Cc1nc2oc(-c3ccccc3)cc2n1-c1ccccc1. The molecule has 0 fully saturated rings. The highest BCUT2D eigenvalue weighted by molar-refractivity contribution is 6.26. The van der Waals surface area contributed by atoms with E-state index in [4.69, 9.17) is 4.42 Å². The zero-order chi connectivity index (χ0) is 23.4. The van der Waals surface area contributed by atoms with E-state index in [1.54, 1.807) is 0 Å². The molecule has 0 saturated heterocycles. The van der Waals surface area contributed by atoms with E-state index in [1.807, 2.05) is 71.3 Å². The highest BCUT2D eigenvalue weighted by Crippen LogP contribution is 2.34. The molecule has 0 saturated carbocycles. The number of furan rings is 1. The number of carbonyl (C=O) groups is 2. The first-order chi connectivity index (χ1) is 16.5. The molecule has 0 aliphatic heterocycles. The summed E-state index contributed by atoms with van der Waals surface area (Å²) in [6.07, 6.45) is -0.0324. The standard InChI is InChI=1S/C27H16F2N2O3/c28-20-11-17-18(12-21(20)29)26(33)19(25(17)32)13-24-30-27-22(31(24)16-9-5-2-6-10-16)14-23(34-27)15-7-3-1-4-8-15/h1-12,14,19H,13H2. The Kier molecular flexibility index (Phi) is 4.52. The molecular weight excluding hydrogens is 438 g/mol. The lowest BCUT2D eigenvalue weighted by Gasteiger charge is -2.11. The Labute approximate surface area is 192 Å². The number of hydrogen-bond donors (Lipinski definition) is 0. The molecule has 0 unspecified atom stereocenters. The molecule has 0 spiro atoms. The molecule has 34 heavy (non-hydrogen) atoms. The average molecular weight is 454 g/mol. The van der Waals surface area contributed by atoms with Crippen LogP contribution in [-0.2, 0) is 6.42 Å². The van der Waals surface area contributed by atoms with E-state index in [2.05, 4.69) is 4.98 Å². The van der Waals surface area contributed by atoms with Gasteiger partial charge in [0.05, 0.1) is 5.92 Å². The van der Waals surface area contributed by atoms with Gasteiger partial charge in [-0.1, -0.05) is 48.5 Å². The first-order valence-corrected chi connectivity index (χ1v) is 10.7. The van der Waals surface area contributed by atoms with Crippen molar-refractivity contribution in [1.29, 1.82) is 0 Å². The van der Waals surface area contributed by atoms with Gasteiger partial charge < -0.3 is 4.42 Å². The van der Waals surface area contributed by atoms with Crippen molar-refractivity contribution in [2.24, 2.45) is 5.92 Å². The largest absolute Gasteiger partial charge is 0.436 e. The van der Waals surface area contributed by atoms with Crippen LogP contribution >= 0.6 is 0 Å². The number of aromatic nitrogens is 2. The van der Waals surface area contributed by atoms with Gasteiger partial charge in [0, 0.05) is 34.9 Å². The number of rotatable bonds is 4. The quantitative estimate of drug-likeness (QED) is 0.322. The van der Waals surface area contributed by atoms with Gasteiger partial charge >= 0.3 is 0 Å². The third kappa shape index (κ3) is 3.08. The van der Waals surface area contributed by atoms with Gasteiger partial charge in [0.25, 0.3) is 0 Å². The highest BCUT2D eigenvalue weighted by atomic mass is 19.2. The number of ketones is 2. The molecule has 1 aliphatic rings. The Hall–Kier alpha value is -4.39. The predicted octanol–water partition coefficient (Wildman–Crippen LogP) is 5.80. The third-order valence-electron chi connectivity index (χ3n) is 6.11. The van der Waals surface area contributed by atoms with E-state index >= 15 is 0 Å². The third-order valence-corrected chi connectivity index (χ3v) is 6.11. The van der Waals surface area contributed by atoms with Crippen molar-refractivity contribution in [3.05, 3.63) is 107 Å². The Morgan fingerprint density at radius 3 is 2.03 bits per heavy atom. The van der Waals surface area contributed by atoms with Crippen LogP contribution in [0, 0.1) is 17.6 Å². The normalized spacial score (nSPS) is 13.7. The number of fused-ring (bicyclic) bond motifs is 2. The zero-order valence-electron chi connectivity index (χ0n) is 17.7. The number of Topliss-reactive ketones (excluding diaryl/α,β-unsaturated/α-hetero) is 2. The van der Waals surface area contributed by atoms with Crippen molar-refractivity contribution in [3.8, 4) is 17.0 Å². The molecule has 0 bridgehead atoms. The van der Waals surface area contributed by atoms with Crippen LogP contribution in [0.2, 0.25) is 0 Å². The highest BCUT2D eigenvalue weighted by Gasteiger charge is 2.40. The summed E-state index contributed by atoms with van der Waals surface area (Å²) in [6.45, 7) is 0. The van der Waals surface area contributed by atoms with Gasteiger partial charge in [-0.15, -0.1) is 0 Å². The minimum atomic E-state index is -1.16. The van der Waals surface area contributed by atoms with Crippen LogP contribution in [-0.4, -0.2) is 21.1 Å². The first kappa shape index (κ1) is 20.2. The maximum atomic E-state index is 13.7. The molecule has 1 aliphatic carbocycles. The molecular formula is C27H16F2N2O3. The van der Waals surface area contributed by atoms with Gasteiger partial charge in [-0.05, 0) is 24.3 Å². The molecule has 6 rings (SSSR count). The Balaban J connectivity index is 1.45. The van der Waals surface area contributed by atoms with E-state index in [-0.39, 0.29) is 17.5 Å². The maximum Gasteiger partial charge on any atom is 0.245 e. The summed E-state index contributed by atoms with van der Waals surface area (Å²) in [4.78, 5) is 30.5. The monoisotopic (exact) mass is 454 g/mol. The summed E-state index contributed by atoms with van der Waals surface area (Å²) in [7, 11) is 0. The van der Waals surface area contributed by atoms with Crippen LogP contribution in [0.15, 0.2) is 83.3 Å². The second-order valence-corrected chi connectivity index (χ2v) is 8.16. The molecule has 5 nitrogen and oxygen atoms in total. The summed E-state index contributed by atoms with van der Waals surface area (Å²) in [6, 6.07) is 22.4. The number of benzene rings is 3. The summed E-state index contributed by atoms with van der Waals surface area (Å²) >= 11 is 0. The van der Waals surface area contributed by atoms with Gasteiger partial charge in [0.1, 0.15) is 17.1 Å². The predicted molar refractivity (Wildman–Crippen MR) is 121 cm³/mol. The molecule has 7 heteroatoms. The number of hydrogen-bond acceptors (Lipinski definition) is 4. The van der Waals surface area contributed by atoms with E-state index in [0.29, 0.717) is 22.8 Å². The Morgan fingerprint density at radius 2 is 1.41 bits per heavy atom. The molecule has 3 aromatic carbocycles. The van der Waals surface area contributed by atoms with Crippen LogP contribution in [0.25, 0.3) is 28.2 Å². The lowest BCUT2D eigenvalue weighted by atomic mass is 9.99. The van der Waals surface area contributed by atoms with Gasteiger partial charge in [-0.2, -0.15) is 4.98 Å². The molecule has 5 aromatic rings. The number of imidazole rings is 1. The topological polar surface area (TPSA) is 65.1 Å². The lowest BCUT2D eigenvalue weighted by molar-refractivity contribution is 0.0836. The van der Waals surface area contributed by atoms with Crippen LogP contribution in [0.5, 0.6) is 0 Å². The first-order valence-electron chi connectivity index (χ1n) is 10.7. The van der Waals surface area contributed by atoms with E-state index in [0.717, 1.165) is 23.4 Å². The maximum absolute atomic E-state index is 13.7. The molecule has 0 N–H and O–H groups in total. The molecule has 0 atom stereocenters. The minimum Gasteiger partial charge on any atom is -0.436 e. The number of carbonyl (C=O) groups excluding carboxylic acids is 2. The van der Waals surface area contributed by atoms with Crippen LogP contribution < -0.4 is 0 Å². The zero-order valence-corrected chi connectivity index (χ0v) is 17.7. The van der Waals surface area contributed by atoms with Crippen LogP contribution in [0.1, 0.15) is 26.5 Å². The van der Waals surface area contributed by atoms with E-state index in [1.165, 1.54) is 0 Å². The smallest absolute Gasteiger partial charge is 0.245 e. The summed E-state index contributed by atoms with van der Waals surface area (Å²) in [5.74, 6) is -3.42. The fraction of sp³-hybridized carbons (Fsp3) is 0.0741. The number of halogens is 2. The van der Waals surface area contributed by atoms with Gasteiger partial charge in [-0.25, -0.2) is 8.78 Å². The fourth-order valence-electron chi connectivity index (χ4n) is 4.48. The molecule has 2 heterocycles. The average Bonchev–Trinajstić information content (AvgIpc) is 3.47. The van der Waals surface area contributed by atoms with Crippen molar-refractivity contribution in [2.75, 3.05) is 0 Å². The second kappa shape index (κ2) is 7.59.